The Morgan fingerprint density at radius 2 is 1.32 bits per heavy atom. The highest BCUT2D eigenvalue weighted by Gasteiger charge is 2.13. The Morgan fingerprint density at radius 1 is 0.750 bits per heavy atom. The lowest BCUT2D eigenvalue weighted by Gasteiger charge is -2.08. The third-order valence-electron chi connectivity index (χ3n) is 4.11. The highest BCUT2D eigenvalue weighted by atomic mass is 16.2. The summed E-state index contributed by atoms with van der Waals surface area (Å²) in [5, 5.41) is 5.49. The molecule has 2 N–H and O–H groups in total. The SMILES string of the molecule is CC(=O)c1ccc(NC(=O)c2ccnc(C(=O)Nc3ccc(C)cc3)c2)cc1. The van der Waals surface area contributed by atoms with Crippen LogP contribution < -0.4 is 10.6 Å². The first-order valence-corrected chi connectivity index (χ1v) is 8.69. The van der Waals surface area contributed by atoms with E-state index in [1.54, 1.807) is 36.4 Å². The third-order valence-corrected chi connectivity index (χ3v) is 4.11. The number of benzene rings is 2. The standard InChI is InChI=1S/C22H19N3O3/c1-14-3-7-18(8-4-14)25-22(28)20-13-17(11-12-23-20)21(27)24-19-9-5-16(6-10-19)15(2)26/h3-13H,1-2H3,(H,24,27)(H,25,28). The largest absolute Gasteiger partial charge is 0.322 e. The topological polar surface area (TPSA) is 88.2 Å². The van der Waals surface area contributed by atoms with Crippen molar-refractivity contribution in [2.24, 2.45) is 0 Å². The fourth-order valence-corrected chi connectivity index (χ4v) is 2.52. The molecule has 0 saturated heterocycles. The lowest BCUT2D eigenvalue weighted by molar-refractivity contribution is 0.100. The molecule has 1 heterocycles. The maximum absolute atomic E-state index is 12.5. The molecular formula is C22H19N3O3. The monoisotopic (exact) mass is 373 g/mol. The van der Waals surface area contributed by atoms with Crippen LogP contribution in [0.15, 0.2) is 66.9 Å². The molecule has 3 aromatic rings. The molecule has 1 aromatic heterocycles. The Kier molecular flexibility index (Phi) is 5.60. The summed E-state index contributed by atoms with van der Waals surface area (Å²) in [6.45, 7) is 3.44. The quantitative estimate of drug-likeness (QED) is 0.659. The molecule has 6 nitrogen and oxygen atoms in total. The number of amides is 2. The number of ketones is 1. The molecule has 0 radical (unpaired) electrons. The fourth-order valence-electron chi connectivity index (χ4n) is 2.52. The predicted octanol–water partition coefficient (Wildman–Crippen LogP) is 4.10. The molecule has 2 amide bonds. The summed E-state index contributed by atoms with van der Waals surface area (Å²) in [4.78, 5) is 40.2. The first kappa shape index (κ1) is 19.0. The molecule has 0 fully saturated rings. The van der Waals surface area contributed by atoms with Crippen molar-refractivity contribution in [1.29, 1.82) is 0 Å². The summed E-state index contributed by atoms with van der Waals surface area (Å²) in [5.41, 5.74) is 3.30. The molecule has 3 rings (SSSR count). The summed E-state index contributed by atoms with van der Waals surface area (Å²) in [6.07, 6.45) is 1.41. The Labute approximate surface area is 162 Å². The van der Waals surface area contributed by atoms with Crippen molar-refractivity contribution in [3.8, 4) is 0 Å². The Morgan fingerprint density at radius 3 is 1.93 bits per heavy atom. The molecule has 28 heavy (non-hydrogen) atoms. The number of aromatic nitrogens is 1. The number of carbonyl (C=O) groups excluding carboxylic acids is 3. The van der Waals surface area contributed by atoms with Gasteiger partial charge in [-0.25, -0.2) is 0 Å². The van der Waals surface area contributed by atoms with Crippen LogP contribution in [0.25, 0.3) is 0 Å². The maximum Gasteiger partial charge on any atom is 0.274 e. The van der Waals surface area contributed by atoms with E-state index in [0.717, 1.165) is 5.56 Å². The summed E-state index contributed by atoms with van der Waals surface area (Å²) >= 11 is 0. The number of aryl methyl sites for hydroxylation is 1. The Balaban J connectivity index is 1.71. The van der Waals surface area contributed by atoms with Gasteiger partial charge in [0.25, 0.3) is 11.8 Å². The van der Waals surface area contributed by atoms with Crippen LogP contribution in [0.3, 0.4) is 0 Å². The van der Waals surface area contributed by atoms with E-state index in [2.05, 4.69) is 15.6 Å². The lowest BCUT2D eigenvalue weighted by Crippen LogP contribution is -2.17. The molecule has 0 aliphatic rings. The Hall–Kier alpha value is -3.80. The number of pyridine rings is 1. The second-order valence-electron chi connectivity index (χ2n) is 6.34. The van der Waals surface area contributed by atoms with Crippen LogP contribution in [0, 0.1) is 6.92 Å². The molecule has 0 aliphatic carbocycles. The number of nitrogens with zero attached hydrogens (tertiary/aromatic N) is 1. The number of Topliss-reactive ketones (excluding diaryl/α,β-unsaturated/α-hetero) is 1. The second-order valence-corrected chi connectivity index (χ2v) is 6.34. The van der Waals surface area contributed by atoms with Crippen LogP contribution in [0.4, 0.5) is 11.4 Å². The van der Waals surface area contributed by atoms with E-state index in [1.165, 1.54) is 25.3 Å². The van der Waals surface area contributed by atoms with Crippen molar-refractivity contribution in [2.45, 2.75) is 13.8 Å². The van der Waals surface area contributed by atoms with Crippen molar-refractivity contribution < 1.29 is 14.4 Å². The van der Waals surface area contributed by atoms with Crippen molar-refractivity contribution in [2.75, 3.05) is 10.6 Å². The van der Waals surface area contributed by atoms with Crippen LogP contribution >= 0.6 is 0 Å². The van der Waals surface area contributed by atoms with Gasteiger partial charge in [0, 0.05) is 28.7 Å². The molecule has 0 aliphatic heterocycles. The van der Waals surface area contributed by atoms with Gasteiger partial charge in [-0.2, -0.15) is 0 Å². The average Bonchev–Trinajstić information content (AvgIpc) is 2.70. The van der Waals surface area contributed by atoms with Crippen LogP contribution in [-0.2, 0) is 0 Å². The van der Waals surface area contributed by atoms with E-state index in [-0.39, 0.29) is 17.4 Å². The van der Waals surface area contributed by atoms with Crippen LogP contribution in [0.2, 0.25) is 0 Å². The maximum atomic E-state index is 12.5. The van der Waals surface area contributed by atoms with Crippen LogP contribution in [0.1, 0.15) is 43.7 Å². The minimum Gasteiger partial charge on any atom is -0.322 e. The molecule has 0 saturated carbocycles. The van der Waals surface area contributed by atoms with Crippen molar-refractivity contribution >= 4 is 29.0 Å². The summed E-state index contributed by atoms with van der Waals surface area (Å²) in [5.74, 6) is -0.817. The molecule has 0 spiro atoms. The predicted molar refractivity (Wildman–Crippen MR) is 108 cm³/mol. The van der Waals surface area contributed by atoms with Gasteiger partial charge < -0.3 is 10.6 Å². The third kappa shape index (κ3) is 4.67. The van der Waals surface area contributed by atoms with Gasteiger partial charge in [0.2, 0.25) is 0 Å². The molecule has 0 atom stereocenters. The zero-order valence-electron chi connectivity index (χ0n) is 15.5. The zero-order chi connectivity index (χ0) is 20.1. The summed E-state index contributed by atoms with van der Waals surface area (Å²) in [6, 6.07) is 16.9. The molecule has 0 bridgehead atoms. The van der Waals surface area contributed by atoms with Gasteiger partial charge >= 0.3 is 0 Å². The average molecular weight is 373 g/mol. The number of carbonyl (C=O) groups is 3. The molecule has 0 unspecified atom stereocenters. The highest BCUT2D eigenvalue weighted by molar-refractivity contribution is 6.08. The number of nitrogens with one attached hydrogen (secondary N) is 2. The van der Waals surface area contributed by atoms with Gasteiger partial charge in [0.15, 0.2) is 5.78 Å². The van der Waals surface area contributed by atoms with E-state index >= 15 is 0 Å². The summed E-state index contributed by atoms with van der Waals surface area (Å²) in [7, 11) is 0. The Bertz CT molecular complexity index is 1030. The van der Waals surface area contributed by atoms with Crippen LogP contribution in [0.5, 0.6) is 0 Å². The minimum absolute atomic E-state index is 0.0451. The van der Waals surface area contributed by atoms with Gasteiger partial charge in [0.05, 0.1) is 0 Å². The number of hydrogen-bond acceptors (Lipinski definition) is 4. The van der Waals surface area contributed by atoms with Gasteiger partial charge in [-0.3, -0.25) is 19.4 Å². The van der Waals surface area contributed by atoms with E-state index in [4.69, 9.17) is 0 Å². The summed E-state index contributed by atoms with van der Waals surface area (Å²) < 4.78 is 0. The van der Waals surface area contributed by atoms with Gasteiger partial charge in [0.1, 0.15) is 5.69 Å². The molecular weight excluding hydrogens is 354 g/mol. The van der Waals surface area contributed by atoms with Gasteiger partial charge in [-0.1, -0.05) is 17.7 Å². The van der Waals surface area contributed by atoms with E-state index in [0.29, 0.717) is 22.5 Å². The number of rotatable bonds is 5. The first-order chi connectivity index (χ1) is 13.4. The fraction of sp³-hybridized carbons (Fsp3) is 0.0909. The highest BCUT2D eigenvalue weighted by Crippen LogP contribution is 2.14. The smallest absolute Gasteiger partial charge is 0.274 e. The van der Waals surface area contributed by atoms with Crippen molar-refractivity contribution in [3.63, 3.8) is 0 Å². The molecule has 2 aromatic carbocycles. The van der Waals surface area contributed by atoms with E-state index in [1.807, 2.05) is 19.1 Å². The first-order valence-electron chi connectivity index (χ1n) is 8.69. The molecule has 140 valence electrons. The number of anilines is 2. The second kappa shape index (κ2) is 8.26. The number of hydrogen-bond donors (Lipinski definition) is 2. The van der Waals surface area contributed by atoms with E-state index < -0.39 is 5.91 Å². The minimum atomic E-state index is -0.399. The van der Waals surface area contributed by atoms with Gasteiger partial charge in [-0.05, 0) is 62.4 Å². The molecule has 6 heteroatoms. The van der Waals surface area contributed by atoms with Crippen LogP contribution in [-0.4, -0.2) is 22.6 Å². The van der Waals surface area contributed by atoms with Crippen molar-refractivity contribution in [1.82, 2.24) is 4.98 Å². The normalized spacial score (nSPS) is 10.2. The van der Waals surface area contributed by atoms with Gasteiger partial charge in [-0.15, -0.1) is 0 Å². The zero-order valence-corrected chi connectivity index (χ0v) is 15.5. The lowest BCUT2D eigenvalue weighted by atomic mass is 10.1. The van der Waals surface area contributed by atoms with E-state index in [9.17, 15) is 14.4 Å². The van der Waals surface area contributed by atoms with Crippen molar-refractivity contribution in [3.05, 3.63) is 89.2 Å².